The second-order valence-corrected chi connectivity index (χ2v) is 5.76. The van der Waals surface area contributed by atoms with Gasteiger partial charge in [-0.25, -0.2) is 4.98 Å². The molecular formula is C20H22N4O4. The highest BCUT2D eigenvalue weighted by atomic mass is 16.5. The van der Waals surface area contributed by atoms with Gasteiger partial charge in [0.25, 0.3) is 0 Å². The first kappa shape index (κ1) is 19.1. The number of nitrogen functional groups attached to an aromatic ring is 1. The molecule has 0 fully saturated rings. The number of rotatable bonds is 7. The van der Waals surface area contributed by atoms with E-state index in [1.54, 1.807) is 46.6 Å². The molecule has 28 heavy (non-hydrogen) atoms. The second kappa shape index (κ2) is 8.34. The Bertz CT molecular complexity index is 936. The van der Waals surface area contributed by atoms with Crippen LogP contribution in [0.4, 0.5) is 17.5 Å². The van der Waals surface area contributed by atoms with E-state index in [0.29, 0.717) is 34.4 Å². The first-order valence-corrected chi connectivity index (χ1v) is 8.44. The lowest BCUT2D eigenvalue weighted by molar-refractivity contribution is 0.324. The van der Waals surface area contributed by atoms with Gasteiger partial charge in [0.1, 0.15) is 11.6 Å². The van der Waals surface area contributed by atoms with Crippen molar-refractivity contribution in [3.8, 4) is 34.3 Å². The lowest BCUT2D eigenvalue weighted by Crippen LogP contribution is -2.02. The van der Waals surface area contributed by atoms with Crippen LogP contribution in [0.2, 0.25) is 0 Å². The molecule has 0 bridgehead atoms. The average Bonchev–Trinajstić information content (AvgIpc) is 2.72. The fraction of sp³-hybridized carbons (Fsp3) is 0.200. The van der Waals surface area contributed by atoms with Crippen LogP contribution < -0.4 is 30.0 Å². The number of nitrogens with two attached hydrogens (primary N) is 1. The first-order chi connectivity index (χ1) is 13.6. The van der Waals surface area contributed by atoms with Crippen LogP contribution in [0.3, 0.4) is 0 Å². The van der Waals surface area contributed by atoms with Crippen LogP contribution in [-0.2, 0) is 0 Å². The summed E-state index contributed by atoms with van der Waals surface area (Å²) in [4.78, 5) is 8.57. The zero-order valence-corrected chi connectivity index (χ0v) is 16.1. The molecule has 0 radical (unpaired) electrons. The normalized spacial score (nSPS) is 10.3. The summed E-state index contributed by atoms with van der Waals surface area (Å²) >= 11 is 0. The summed E-state index contributed by atoms with van der Waals surface area (Å²) in [5.41, 5.74) is 8.19. The molecule has 0 aliphatic carbocycles. The van der Waals surface area contributed by atoms with E-state index in [-0.39, 0.29) is 5.95 Å². The quantitative estimate of drug-likeness (QED) is 0.640. The molecule has 0 amide bonds. The minimum atomic E-state index is 0.156. The molecule has 0 saturated carbocycles. The number of anilines is 3. The molecule has 0 spiro atoms. The maximum absolute atomic E-state index is 5.91. The largest absolute Gasteiger partial charge is 0.497 e. The summed E-state index contributed by atoms with van der Waals surface area (Å²) in [6.45, 7) is 0. The Morgan fingerprint density at radius 2 is 1.43 bits per heavy atom. The molecule has 8 heteroatoms. The summed E-state index contributed by atoms with van der Waals surface area (Å²) in [5, 5.41) is 3.21. The third-order valence-electron chi connectivity index (χ3n) is 4.07. The summed E-state index contributed by atoms with van der Waals surface area (Å²) in [6.07, 6.45) is 0. The maximum Gasteiger partial charge on any atom is 0.222 e. The third kappa shape index (κ3) is 4.01. The Morgan fingerprint density at radius 1 is 0.786 bits per heavy atom. The van der Waals surface area contributed by atoms with E-state index in [9.17, 15) is 0 Å². The van der Waals surface area contributed by atoms with Crippen molar-refractivity contribution < 1.29 is 18.9 Å². The molecule has 3 N–H and O–H groups in total. The van der Waals surface area contributed by atoms with Crippen LogP contribution in [0.1, 0.15) is 0 Å². The van der Waals surface area contributed by atoms with Gasteiger partial charge in [-0.3, -0.25) is 0 Å². The fourth-order valence-electron chi connectivity index (χ4n) is 2.74. The zero-order valence-electron chi connectivity index (χ0n) is 16.1. The predicted octanol–water partition coefficient (Wildman–Crippen LogP) is 3.50. The minimum absolute atomic E-state index is 0.156. The van der Waals surface area contributed by atoms with Gasteiger partial charge in [0, 0.05) is 29.4 Å². The molecule has 0 aliphatic rings. The van der Waals surface area contributed by atoms with Crippen molar-refractivity contribution in [1.29, 1.82) is 0 Å². The van der Waals surface area contributed by atoms with Crippen LogP contribution in [0.15, 0.2) is 42.5 Å². The third-order valence-corrected chi connectivity index (χ3v) is 4.07. The number of benzene rings is 2. The summed E-state index contributed by atoms with van der Waals surface area (Å²) in [5.74, 6) is 3.03. The van der Waals surface area contributed by atoms with Crippen molar-refractivity contribution in [3.05, 3.63) is 42.5 Å². The highest BCUT2D eigenvalue weighted by Gasteiger charge is 2.14. The van der Waals surface area contributed by atoms with E-state index in [4.69, 9.17) is 24.7 Å². The molecule has 3 aromatic rings. The van der Waals surface area contributed by atoms with Gasteiger partial charge in [0.05, 0.1) is 34.1 Å². The number of nitrogens with one attached hydrogen (secondary N) is 1. The molecule has 0 saturated heterocycles. The number of ether oxygens (including phenoxy) is 4. The highest BCUT2D eigenvalue weighted by Crippen LogP contribution is 2.40. The summed E-state index contributed by atoms with van der Waals surface area (Å²) in [6, 6.07) is 12.9. The van der Waals surface area contributed by atoms with E-state index in [2.05, 4.69) is 15.3 Å². The van der Waals surface area contributed by atoms with Crippen molar-refractivity contribution in [3.63, 3.8) is 0 Å². The summed E-state index contributed by atoms with van der Waals surface area (Å²) in [7, 11) is 6.30. The van der Waals surface area contributed by atoms with Gasteiger partial charge in [-0.1, -0.05) is 0 Å². The molecule has 146 valence electrons. The number of aromatic nitrogens is 2. The van der Waals surface area contributed by atoms with Crippen LogP contribution >= 0.6 is 0 Å². The molecule has 0 aliphatic heterocycles. The smallest absolute Gasteiger partial charge is 0.222 e. The Labute approximate surface area is 163 Å². The number of methoxy groups -OCH3 is 4. The molecule has 0 atom stereocenters. The summed E-state index contributed by atoms with van der Waals surface area (Å²) < 4.78 is 21.3. The van der Waals surface area contributed by atoms with Crippen molar-refractivity contribution >= 4 is 17.5 Å². The molecule has 0 unspecified atom stereocenters. The first-order valence-electron chi connectivity index (χ1n) is 8.44. The number of hydrogen-bond donors (Lipinski definition) is 2. The second-order valence-electron chi connectivity index (χ2n) is 5.76. The number of nitrogens with zero attached hydrogens (tertiary/aromatic N) is 2. The van der Waals surface area contributed by atoms with Crippen molar-refractivity contribution in [1.82, 2.24) is 9.97 Å². The SMILES string of the molecule is COc1ccc(-c2cc(Nc3cc(OC)c(OC)c(OC)c3)nc(N)n2)cc1. The van der Waals surface area contributed by atoms with Gasteiger partial charge in [-0.15, -0.1) is 0 Å². The number of hydrogen-bond acceptors (Lipinski definition) is 8. The zero-order chi connectivity index (χ0) is 20.1. The van der Waals surface area contributed by atoms with Crippen LogP contribution in [0.25, 0.3) is 11.3 Å². The molecule has 1 heterocycles. The average molecular weight is 382 g/mol. The van der Waals surface area contributed by atoms with Gasteiger partial charge >= 0.3 is 0 Å². The van der Waals surface area contributed by atoms with E-state index >= 15 is 0 Å². The van der Waals surface area contributed by atoms with E-state index < -0.39 is 0 Å². The van der Waals surface area contributed by atoms with Crippen molar-refractivity contribution in [2.45, 2.75) is 0 Å². The van der Waals surface area contributed by atoms with Crippen LogP contribution in [0.5, 0.6) is 23.0 Å². The van der Waals surface area contributed by atoms with Gasteiger partial charge in [-0.05, 0) is 24.3 Å². The Hall–Kier alpha value is -3.68. The van der Waals surface area contributed by atoms with Gasteiger partial charge in [0.2, 0.25) is 11.7 Å². The standard InChI is InChI=1S/C20H22N4O4/c1-25-14-7-5-12(6-8-14)15-11-18(24-20(21)23-15)22-13-9-16(26-2)19(28-4)17(10-13)27-3/h5-11H,1-4H3,(H3,21,22,23,24). The van der Waals surface area contributed by atoms with E-state index in [0.717, 1.165) is 11.3 Å². The topological polar surface area (TPSA) is 101 Å². The molecule has 8 nitrogen and oxygen atoms in total. The minimum Gasteiger partial charge on any atom is -0.497 e. The molecule has 1 aromatic heterocycles. The van der Waals surface area contributed by atoms with Crippen molar-refractivity contribution in [2.75, 3.05) is 39.5 Å². The van der Waals surface area contributed by atoms with Gasteiger partial charge in [0.15, 0.2) is 11.5 Å². The predicted molar refractivity (Wildman–Crippen MR) is 108 cm³/mol. The highest BCUT2D eigenvalue weighted by molar-refractivity contribution is 5.70. The molecule has 3 rings (SSSR count). The van der Waals surface area contributed by atoms with Gasteiger partial charge in [-0.2, -0.15) is 4.98 Å². The van der Waals surface area contributed by atoms with E-state index in [1.165, 1.54) is 0 Å². The monoisotopic (exact) mass is 382 g/mol. The maximum atomic E-state index is 5.91. The van der Waals surface area contributed by atoms with Crippen LogP contribution in [0, 0.1) is 0 Å². The Morgan fingerprint density at radius 3 is 1.96 bits per heavy atom. The Kier molecular flexibility index (Phi) is 5.69. The van der Waals surface area contributed by atoms with Gasteiger partial charge < -0.3 is 30.0 Å². The Balaban J connectivity index is 1.95. The molecule has 2 aromatic carbocycles. The molecular weight excluding hydrogens is 360 g/mol. The fourth-order valence-corrected chi connectivity index (χ4v) is 2.74. The lowest BCUT2D eigenvalue weighted by Gasteiger charge is -2.15. The van der Waals surface area contributed by atoms with E-state index in [1.807, 2.05) is 24.3 Å². The van der Waals surface area contributed by atoms with Crippen LogP contribution in [-0.4, -0.2) is 38.4 Å². The van der Waals surface area contributed by atoms with Crippen molar-refractivity contribution in [2.24, 2.45) is 0 Å². The lowest BCUT2D eigenvalue weighted by atomic mass is 10.1.